The first kappa shape index (κ1) is 14.7. The third kappa shape index (κ3) is 2.47. The molecule has 0 fully saturated rings. The molecule has 1 atom stereocenters. The van der Waals surface area contributed by atoms with E-state index in [1.807, 2.05) is 6.20 Å². The van der Waals surface area contributed by atoms with E-state index >= 15 is 0 Å². The monoisotopic (exact) mass is 270 g/mol. The summed E-state index contributed by atoms with van der Waals surface area (Å²) in [6.45, 7) is 10.8. The zero-order valence-corrected chi connectivity index (χ0v) is 12.9. The van der Waals surface area contributed by atoms with Crippen molar-refractivity contribution in [3.8, 4) is 0 Å². The van der Waals surface area contributed by atoms with Gasteiger partial charge in [-0.15, -0.1) is 0 Å². The smallest absolute Gasteiger partial charge is 0.0594 e. The summed E-state index contributed by atoms with van der Waals surface area (Å²) in [5, 5.41) is 0. The maximum atomic E-state index is 5.84. The standard InChI is InChI=1S/C18H26N2/c1-5-9-14(13-19)20(6-2)17-12-18(3,4)16-11-8-7-10-15(16)17/h6-8,10-11,13,17H,2,5,9,12,19H2,1,3-4H3/b14-13-. The summed E-state index contributed by atoms with van der Waals surface area (Å²) in [5.74, 6) is 0. The normalized spacial score (nSPS) is 20.6. The molecule has 0 radical (unpaired) electrons. The number of nitrogens with two attached hydrogens (primary N) is 1. The van der Waals surface area contributed by atoms with Crippen LogP contribution in [0.5, 0.6) is 0 Å². The number of fused-ring (bicyclic) bond motifs is 1. The van der Waals surface area contributed by atoms with Gasteiger partial charge in [-0.2, -0.15) is 0 Å². The van der Waals surface area contributed by atoms with E-state index in [0.29, 0.717) is 6.04 Å². The van der Waals surface area contributed by atoms with Gasteiger partial charge < -0.3 is 10.6 Å². The first-order valence-corrected chi connectivity index (χ1v) is 7.46. The Morgan fingerprint density at radius 2 is 2.15 bits per heavy atom. The van der Waals surface area contributed by atoms with E-state index in [-0.39, 0.29) is 5.41 Å². The van der Waals surface area contributed by atoms with Crippen molar-refractivity contribution in [1.29, 1.82) is 0 Å². The van der Waals surface area contributed by atoms with Gasteiger partial charge in [-0.25, -0.2) is 0 Å². The highest BCUT2D eigenvalue weighted by Crippen LogP contribution is 2.48. The van der Waals surface area contributed by atoms with Crippen molar-refractivity contribution in [3.05, 3.63) is 60.1 Å². The van der Waals surface area contributed by atoms with Gasteiger partial charge in [0, 0.05) is 11.9 Å². The molecular weight excluding hydrogens is 244 g/mol. The van der Waals surface area contributed by atoms with Crippen molar-refractivity contribution in [1.82, 2.24) is 4.90 Å². The fourth-order valence-corrected chi connectivity index (χ4v) is 3.35. The lowest BCUT2D eigenvalue weighted by molar-refractivity contribution is 0.298. The lowest BCUT2D eigenvalue weighted by atomic mass is 9.86. The van der Waals surface area contributed by atoms with Crippen LogP contribution in [-0.2, 0) is 5.41 Å². The summed E-state index contributed by atoms with van der Waals surface area (Å²) in [6, 6.07) is 9.10. The average molecular weight is 270 g/mol. The van der Waals surface area contributed by atoms with E-state index in [1.165, 1.54) is 16.8 Å². The Kier molecular flexibility index (Phi) is 4.22. The van der Waals surface area contributed by atoms with Crippen LogP contribution >= 0.6 is 0 Å². The molecule has 0 aliphatic heterocycles. The number of hydrogen-bond donors (Lipinski definition) is 1. The Morgan fingerprint density at radius 1 is 1.45 bits per heavy atom. The van der Waals surface area contributed by atoms with Gasteiger partial charge in [0.15, 0.2) is 0 Å². The predicted molar refractivity (Wildman–Crippen MR) is 86.0 cm³/mol. The Bertz CT molecular complexity index is 514. The molecule has 2 heteroatoms. The van der Waals surface area contributed by atoms with Crippen molar-refractivity contribution in [2.45, 2.75) is 51.5 Å². The van der Waals surface area contributed by atoms with Gasteiger partial charge in [-0.3, -0.25) is 0 Å². The minimum absolute atomic E-state index is 0.203. The molecule has 0 saturated heterocycles. The van der Waals surface area contributed by atoms with Crippen LogP contribution in [0.15, 0.2) is 48.9 Å². The molecule has 108 valence electrons. The number of benzene rings is 1. The Hall–Kier alpha value is -1.70. The maximum Gasteiger partial charge on any atom is 0.0594 e. The second kappa shape index (κ2) is 5.74. The topological polar surface area (TPSA) is 29.3 Å². The van der Waals surface area contributed by atoms with E-state index in [1.54, 1.807) is 6.20 Å². The minimum atomic E-state index is 0.203. The van der Waals surface area contributed by atoms with Crippen LogP contribution in [0.3, 0.4) is 0 Å². The first-order chi connectivity index (χ1) is 9.55. The van der Waals surface area contributed by atoms with Gasteiger partial charge >= 0.3 is 0 Å². The molecule has 2 rings (SSSR count). The van der Waals surface area contributed by atoms with E-state index < -0.39 is 0 Å². The molecule has 0 amide bonds. The zero-order valence-electron chi connectivity index (χ0n) is 12.9. The molecule has 0 saturated carbocycles. The van der Waals surface area contributed by atoms with Crippen LogP contribution in [0.2, 0.25) is 0 Å². The summed E-state index contributed by atoms with van der Waals surface area (Å²) in [4.78, 5) is 2.26. The highest BCUT2D eigenvalue weighted by Gasteiger charge is 2.39. The fourth-order valence-electron chi connectivity index (χ4n) is 3.35. The molecule has 0 heterocycles. The predicted octanol–water partition coefficient (Wildman–Crippen LogP) is 4.45. The van der Waals surface area contributed by atoms with Crippen molar-refractivity contribution in [2.24, 2.45) is 5.73 Å². The minimum Gasteiger partial charge on any atom is -0.403 e. The average Bonchev–Trinajstić information content (AvgIpc) is 2.71. The highest BCUT2D eigenvalue weighted by molar-refractivity contribution is 5.42. The van der Waals surface area contributed by atoms with Crippen molar-refractivity contribution < 1.29 is 0 Å². The number of rotatable bonds is 5. The number of hydrogen-bond acceptors (Lipinski definition) is 2. The quantitative estimate of drug-likeness (QED) is 0.856. The van der Waals surface area contributed by atoms with Crippen molar-refractivity contribution in [2.75, 3.05) is 0 Å². The Balaban J connectivity index is 2.40. The molecule has 1 aromatic rings. The third-order valence-corrected chi connectivity index (χ3v) is 4.32. The van der Waals surface area contributed by atoms with Crippen LogP contribution in [0, 0.1) is 0 Å². The third-order valence-electron chi connectivity index (χ3n) is 4.32. The summed E-state index contributed by atoms with van der Waals surface area (Å²) < 4.78 is 0. The molecule has 2 nitrogen and oxygen atoms in total. The second-order valence-electron chi connectivity index (χ2n) is 6.19. The summed E-state index contributed by atoms with van der Waals surface area (Å²) in [7, 11) is 0. The molecule has 1 unspecified atom stereocenters. The number of nitrogens with zero attached hydrogens (tertiary/aromatic N) is 1. The van der Waals surface area contributed by atoms with Gasteiger partial charge in [0.1, 0.15) is 0 Å². The Morgan fingerprint density at radius 3 is 2.75 bits per heavy atom. The van der Waals surface area contributed by atoms with Crippen molar-refractivity contribution >= 4 is 0 Å². The van der Waals surface area contributed by atoms with Crippen LogP contribution in [0.1, 0.15) is 57.2 Å². The molecular formula is C18H26N2. The second-order valence-corrected chi connectivity index (χ2v) is 6.19. The lowest BCUT2D eigenvalue weighted by Crippen LogP contribution is -2.23. The van der Waals surface area contributed by atoms with Crippen LogP contribution in [-0.4, -0.2) is 4.90 Å². The van der Waals surface area contributed by atoms with E-state index in [9.17, 15) is 0 Å². The van der Waals surface area contributed by atoms with Crippen LogP contribution < -0.4 is 5.73 Å². The molecule has 0 spiro atoms. The van der Waals surface area contributed by atoms with E-state index in [0.717, 1.165) is 19.3 Å². The summed E-state index contributed by atoms with van der Waals surface area (Å²) in [6.07, 6.45) is 6.84. The highest BCUT2D eigenvalue weighted by atomic mass is 15.2. The first-order valence-electron chi connectivity index (χ1n) is 7.46. The number of allylic oxidation sites excluding steroid dienone is 1. The molecule has 0 bridgehead atoms. The molecule has 1 aliphatic carbocycles. The van der Waals surface area contributed by atoms with Crippen molar-refractivity contribution in [3.63, 3.8) is 0 Å². The van der Waals surface area contributed by atoms with Gasteiger partial charge in [0.05, 0.1) is 6.04 Å². The fraction of sp³-hybridized carbons (Fsp3) is 0.444. The SMILES string of the molecule is C=CN(/C(=C\N)CCC)C1CC(C)(C)c2ccccc21. The van der Waals surface area contributed by atoms with E-state index in [2.05, 4.69) is 56.5 Å². The summed E-state index contributed by atoms with van der Waals surface area (Å²) in [5.41, 5.74) is 10.1. The van der Waals surface area contributed by atoms with E-state index in [4.69, 9.17) is 5.73 Å². The zero-order chi connectivity index (χ0) is 14.8. The maximum absolute atomic E-state index is 5.84. The van der Waals surface area contributed by atoms with Crippen LogP contribution in [0.25, 0.3) is 0 Å². The van der Waals surface area contributed by atoms with Gasteiger partial charge in [0.25, 0.3) is 0 Å². The summed E-state index contributed by atoms with van der Waals surface area (Å²) >= 11 is 0. The Labute approximate surface area is 123 Å². The van der Waals surface area contributed by atoms with Gasteiger partial charge in [0.2, 0.25) is 0 Å². The molecule has 20 heavy (non-hydrogen) atoms. The largest absolute Gasteiger partial charge is 0.403 e. The lowest BCUT2D eigenvalue weighted by Gasteiger charge is -2.31. The van der Waals surface area contributed by atoms with Gasteiger partial charge in [-0.05, 0) is 35.6 Å². The van der Waals surface area contributed by atoms with Crippen LogP contribution in [0.4, 0.5) is 0 Å². The molecule has 1 aliphatic rings. The molecule has 2 N–H and O–H groups in total. The molecule has 0 aromatic heterocycles. The molecule has 1 aromatic carbocycles. The van der Waals surface area contributed by atoms with Gasteiger partial charge in [-0.1, -0.05) is 58.0 Å².